The molecule has 0 rings (SSSR count). The molecular weight excluding hydrogens is 631 g/mol. The van der Waals surface area contributed by atoms with Crippen LogP contribution < -0.4 is 0 Å². The minimum Gasteiger partial charge on any atom is -0.466 e. The predicted molar refractivity (Wildman–Crippen MR) is 225 cm³/mol. The van der Waals surface area contributed by atoms with Crippen LogP contribution in [0.3, 0.4) is 0 Å². The maximum atomic E-state index is 11.9. The fourth-order valence-corrected chi connectivity index (χ4v) is 6.58. The monoisotopic (exact) mass is 724 g/mol. The van der Waals surface area contributed by atoms with Gasteiger partial charge in [-0.15, -0.1) is 0 Å². The molecule has 0 aromatic rings. The van der Waals surface area contributed by atoms with E-state index in [1.165, 1.54) is 141 Å². The predicted octanol–water partition coefficient (Wildman–Crippen LogP) is 13.4. The summed E-state index contributed by atoms with van der Waals surface area (Å²) < 4.78 is 5.38. The first-order chi connectivity index (χ1) is 24.8. The van der Waals surface area contributed by atoms with E-state index in [1.54, 1.807) is 0 Å². The Kier molecular flexibility index (Phi) is 44.5. The highest BCUT2D eigenvalue weighted by molar-refractivity contribution is 5.69. The van der Waals surface area contributed by atoms with Gasteiger partial charge in [-0.3, -0.25) is 4.79 Å². The Morgan fingerprint density at radius 3 is 1.65 bits per heavy atom. The molecule has 0 saturated heterocycles. The number of esters is 1. The van der Waals surface area contributed by atoms with Crippen LogP contribution in [-0.4, -0.2) is 60.0 Å². The highest BCUT2D eigenvalue weighted by atomic mass is 16.5. The smallest absolute Gasteiger partial charge is 0.305 e. The summed E-state index contributed by atoms with van der Waals surface area (Å²) in [5.41, 5.74) is 0. The summed E-state index contributed by atoms with van der Waals surface area (Å²) in [6.45, 7) is 17.1. The number of unbranched alkanes of at least 4 members (excludes halogenated alkanes) is 17. The molecule has 0 aromatic carbocycles. The van der Waals surface area contributed by atoms with Crippen molar-refractivity contribution in [3.63, 3.8) is 0 Å². The summed E-state index contributed by atoms with van der Waals surface area (Å²) in [4.78, 5) is 14.2. The Bertz CT molecular complexity index is 697. The second-order valence-electron chi connectivity index (χ2n) is 16.0. The molecule has 0 amide bonds. The number of ether oxygens (including phenoxy) is 1. The third-order valence-electron chi connectivity index (χ3n) is 10.3. The van der Waals surface area contributed by atoms with Gasteiger partial charge in [-0.25, -0.2) is 0 Å². The van der Waals surface area contributed by atoms with E-state index in [0.29, 0.717) is 13.0 Å². The van der Waals surface area contributed by atoms with Gasteiger partial charge in [0.15, 0.2) is 0 Å². The molecule has 0 aliphatic heterocycles. The molecule has 0 radical (unpaired) electrons. The highest BCUT2D eigenvalue weighted by Crippen LogP contribution is 2.20. The molecule has 0 aliphatic carbocycles. The first kappa shape index (κ1) is 52.2. The number of hydrogen-bond acceptors (Lipinski definition) is 5. The number of aliphatic hydroxyl groups is 2. The average molecular weight is 724 g/mol. The van der Waals surface area contributed by atoms with Crippen molar-refractivity contribution in [2.75, 3.05) is 32.8 Å². The van der Waals surface area contributed by atoms with Crippen molar-refractivity contribution in [3.05, 3.63) is 12.2 Å². The fraction of sp³-hybridized carbons (Fsp3) is 0.935. The Balaban J connectivity index is 0. The van der Waals surface area contributed by atoms with Gasteiger partial charge in [-0.1, -0.05) is 175 Å². The summed E-state index contributed by atoms with van der Waals surface area (Å²) in [6.07, 6.45) is 40.1. The number of hydrogen-bond donors (Lipinski definition) is 2. The normalized spacial score (nSPS) is 13.4. The lowest BCUT2D eigenvalue weighted by Crippen LogP contribution is -2.29. The average Bonchev–Trinajstić information content (AvgIpc) is 3.11. The fourth-order valence-electron chi connectivity index (χ4n) is 6.58. The van der Waals surface area contributed by atoms with Crippen molar-refractivity contribution >= 4 is 5.97 Å². The van der Waals surface area contributed by atoms with E-state index in [1.807, 2.05) is 6.92 Å². The minimum absolute atomic E-state index is 0.0441. The van der Waals surface area contributed by atoms with Gasteiger partial charge in [0.1, 0.15) is 0 Å². The van der Waals surface area contributed by atoms with Crippen molar-refractivity contribution in [2.24, 2.45) is 11.8 Å². The summed E-state index contributed by atoms with van der Waals surface area (Å²) in [6, 6.07) is 0. The molecule has 5 heteroatoms. The molecular formula is C46H93NO4. The lowest BCUT2D eigenvalue weighted by Gasteiger charge is -2.21. The van der Waals surface area contributed by atoms with Crippen LogP contribution in [0.2, 0.25) is 0 Å². The zero-order chi connectivity index (χ0) is 38.0. The molecule has 0 aromatic heterocycles. The van der Waals surface area contributed by atoms with Crippen molar-refractivity contribution in [1.82, 2.24) is 4.90 Å². The van der Waals surface area contributed by atoms with Crippen LogP contribution >= 0.6 is 0 Å². The van der Waals surface area contributed by atoms with Gasteiger partial charge in [0, 0.05) is 13.0 Å². The van der Waals surface area contributed by atoms with Crippen LogP contribution in [0.1, 0.15) is 228 Å². The molecule has 0 spiro atoms. The first-order valence-corrected chi connectivity index (χ1v) is 22.6. The largest absolute Gasteiger partial charge is 0.466 e. The molecule has 0 saturated carbocycles. The summed E-state index contributed by atoms with van der Waals surface area (Å²) in [7, 11) is 0. The van der Waals surface area contributed by atoms with Crippen LogP contribution in [0.15, 0.2) is 12.2 Å². The van der Waals surface area contributed by atoms with Crippen LogP contribution in [0.5, 0.6) is 0 Å². The van der Waals surface area contributed by atoms with E-state index < -0.39 is 0 Å². The van der Waals surface area contributed by atoms with E-state index in [0.717, 1.165) is 70.0 Å². The second-order valence-corrected chi connectivity index (χ2v) is 16.0. The van der Waals surface area contributed by atoms with Crippen LogP contribution in [-0.2, 0) is 9.53 Å². The number of carbonyl (C=O) groups is 1. The van der Waals surface area contributed by atoms with Crippen LogP contribution in [0.4, 0.5) is 0 Å². The lowest BCUT2D eigenvalue weighted by molar-refractivity contribution is -0.143. The summed E-state index contributed by atoms with van der Waals surface area (Å²) in [5, 5.41) is 18.6. The van der Waals surface area contributed by atoms with Crippen molar-refractivity contribution in [3.8, 4) is 0 Å². The molecule has 0 heterocycles. The minimum atomic E-state index is -0.174. The standard InChI is InChI=1S/C28H57NO4.C18H36/c1-3-4-5-6-7-8-9-13-19-26-33-28(32)21-16-14-18-23-29(24-25-30)22-17-12-10-11-15-20-27(2)31;1-5-7-9-10-11-12-14-18(4)16-15-17(3)13-8-6-2/h27,30-31H,3-26H2,1-2H3;10-11,17-18H,5-9,12-16H2,1-4H3/b;11-10-. The number of aliphatic hydroxyl groups excluding tert-OH is 2. The van der Waals surface area contributed by atoms with Crippen molar-refractivity contribution < 1.29 is 19.7 Å². The van der Waals surface area contributed by atoms with Crippen molar-refractivity contribution in [2.45, 2.75) is 234 Å². The highest BCUT2D eigenvalue weighted by Gasteiger charge is 2.07. The van der Waals surface area contributed by atoms with Gasteiger partial charge in [0.2, 0.25) is 0 Å². The molecule has 0 bridgehead atoms. The number of allylic oxidation sites excluding steroid dienone is 2. The van der Waals surface area contributed by atoms with Gasteiger partial charge >= 0.3 is 5.97 Å². The van der Waals surface area contributed by atoms with E-state index in [9.17, 15) is 15.0 Å². The lowest BCUT2D eigenvalue weighted by atomic mass is 9.92. The maximum absolute atomic E-state index is 11.9. The zero-order valence-electron chi connectivity index (χ0n) is 35.6. The Morgan fingerprint density at radius 2 is 1.06 bits per heavy atom. The van der Waals surface area contributed by atoms with Gasteiger partial charge in [-0.05, 0) is 83.2 Å². The third kappa shape index (κ3) is 45.2. The maximum Gasteiger partial charge on any atom is 0.305 e. The molecule has 2 N–H and O–H groups in total. The first-order valence-electron chi connectivity index (χ1n) is 22.6. The van der Waals surface area contributed by atoms with E-state index in [-0.39, 0.29) is 18.7 Å². The summed E-state index contributed by atoms with van der Waals surface area (Å²) >= 11 is 0. The van der Waals surface area contributed by atoms with Crippen LogP contribution in [0, 0.1) is 11.8 Å². The van der Waals surface area contributed by atoms with E-state index >= 15 is 0 Å². The quantitative estimate of drug-likeness (QED) is 0.0377. The van der Waals surface area contributed by atoms with Gasteiger partial charge in [0.05, 0.1) is 19.3 Å². The van der Waals surface area contributed by atoms with E-state index in [4.69, 9.17) is 4.74 Å². The molecule has 0 aliphatic rings. The number of nitrogens with zero attached hydrogens (tertiary/aromatic N) is 1. The SMILES string of the molecule is CCCC/C=C\CCC(C)CCC(C)CCCC.CCCCCCCCCCCOC(=O)CCCCCN(CCO)CCCCCCCC(C)O. The van der Waals surface area contributed by atoms with E-state index in [2.05, 4.69) is 51.7 Å². The third-order valence-corrected chi connectivity index (χ3v) is 10.3. The molecule has 0 fully saturated rings. The topological polar surface area (TPSA) is 70.0 Å². The zero-order valence-corrected chi connectivity index (χ0v) is 35.6. The molecule has 3 unspecified atom stereocenters. The molecule has 3 atom stereocenters. The van der Waals surface area contributed by atoms with Gasteiger partial charge in [0.25, 0.3) is 0 Å². The number of carbonyl (C=O) groups excluding carboxylic acids is 1. The Morgan fingerprint density at radius 1 is 0.549 bits per heavy atom. The Hall–Kier alpha value is -0.910. The second kappa shape index (κ2) is 43.5. The number of rotatable bonds is 38. The Labute approximate surface area is 320 Å². The molecule has 306 valence electrons. The van der Waals surface area contributed by atoms with Gasteiger partial charge in [-0.2, -0.15) is 0 Å². The van der Waals surface area contributed by atoms with Crippen LogP contribution in [0.25, 0.3) is 0 Å². The molecule has 51 heavy (non-hydrogen) atoms. The van der Waals surface area contributed by atoms with Crippen molar-refractivity contribution in [1.29, 1.82) is 0 Å². The molecule has 5 nitrogen and oxygen atoms in total. The van der Waals surface area contributed by atoms with Gasteiger partial charge < -0.3 is 19.8 Å². The summed E-state index contributed by atoms with van der Waals surface area (Å²) in [5.74, 6) is 1.80.